The van der Waals surface area contributed by atoms with Gasteiger partial charge in [-0.05, 0) is 55.2 Å². The molecule has 1 aromatic heterocycles. The third-order valence-corrected chi connectivity index (χ3v) is 4.89. The summed E-state index contributed by atoms with van der Waals surface area (Å²) in [6, 6.07) is 2.02. The molecule has 0 spiro atoms. The van der Waals surface area contributed by atoms with Crippen molar-refractivity contribution in [3.8, 4) is 0 Å². The zero-order valence-electron chi connectivity index (χ0n) is 12.7. The van der Waals surface area contributed by atoms with Crippen LogP contribution >= 0.6 is 23.7 Å². The van der Waals surface area contributed by atoms with E-state index >= 15 is 0 Å². The predicted octanol–water partition coefficient (Wildman–Crippen LogP) is 2.41. The fourth-order valence-electron chi connectivity index (χ4n) is 2.74. The van der Waals surface area contributed by atoms with Crippen LogP contribution in [0.5, 0.6) is 0 Å². The van der Waals surface area contributed by atoms with Crippen molar-refractivity contribution in [3.05, 3.63) is 22.4 Å². The lowest BCUT2D eigenvalue weighted by Gasteiger charge is -2.37. The molecule has 0 bridgehead atoms. The zero-order chi connectivity index (χ0) is 14.4. The maximum Gasteiger partial charge on any atom is 0.227 e. The van der Waals surface area contributed by atoms with Crippen molar-refractivity contribution < 1.29 is 9.53 Å². The summed E-state index contributed by atoms with van der Waals surface area (Å²) >= 11 is 1.63. The Hall–Kier alpha value is -0.620. The van der Waals surface area contributed by atoms with Crippen LogP contribution in [0.15, 0.2) is 16.8 Å². The molecule has 0 radical (unpaired) electrons. The number of piperidine rings is 1. The molecule has 0 aliphatic carbocycles. The monoisotopic (exact) mass is 332 g/mol. The Morgan fingerprint density at radius 2 is 2.24 bits per heavy atom. The highest BCUT2D eigenvalue weighted by molar-refractivity contribution is 7.08. The van der Waals surface area contributed by atoms with E-state index in [0.29, 0.717) is 13.2 Å². The minimum absolute atomic E-state index is 0. The lowest BCUT2D eigenvalue weighted by atomic mass is 9.79. The Labute approximate surface area is 137 Å². The summed E-state index contributed by atoms with van der Waals surface area (Å²) in [5, 5.41) is 10.5. The molecule has 1 fully saturated rings. The molecule has 4 nitrogen and oxygen atoms in total. The summed E-state index contributed by atoms with van der Waals surface area (Å²) in [4.78, 5) is 12.3. The number of thiophene rings is 1. The fourth-order valence-corrected chi connectivity index (χ4v) is 3.49. The standard InChI is InChI=1S/C15H24N2O2S.ClH/c1-12(13-3-8-20-9-13)14(18)17-10-15(11-19-2)4-6-16-7-5-15;/h3,8-9,12,16H,4-7,10-11H2,1-2H3,(H,17,18);1H. The van der Waals surface area contributed by atoms with Gasteiger partial charge in [-0.1, -0.05) is 0 Å². The first-order valence-corrected chi connectivity index (χ1v) is 8.11. The number of rotatable bonds is 6. The van der Waals surface area contributed by atoms with Crippen molar-refractivity contribution >= 4 is 29.7 Å². The van der Waals surface area contributed by atoms with Gasteiger partial charge in [0.1, 0.15) is 0 Å². The number of methoxy groups -OCH3 is 1. The van der Waals surface area contributed by atoms with Gasteiger partial charge in [0.05, 0.1) is 12.5 Å². The van der Waals surface area contributed by atoms with Crippen LogP contribution in [-0.2, 0) is 9.53 Å². The van der Waals surface area contributed by atoms with E-state index in [1.54, 1.807) is 18.4 Å². The van der Waals surface area contributed by atoms with E-state index in [0.717, 1.165) is 31.5 Å². The molecule has 0 saturated carbocycles. The average molecular weight is 333 g/mol. The predicted molar refractivity (Wildman–Crippen MR) is 89.4 cm³/mol. The Kier molecular flexibility index (Phi) is 7.66. The smallest absolute Gasteiger partial charge is 0.227 e. The normalized spacial score (nSPS) is 18.6. The molecule has 2 rings (SSSR count). The van der Waals surface area contributed by atoms with Gasteiger partial charge in [0.15, 0.2) is 0 Å². The van der Waals surface area contributed by atoms with Gasteiger partial charge in [-0.2, -0.15) is 11.3 Å². The molecule has 1 saturated heterocycles. The van der Waals surface area contributed by atoms with Crippen LogP contribution in [0.1, 0.15) is 31.2 Å². The second-order valence-corrected chi connectivity index (χ2v) is 6.46. The van der Waals surface area contributed by atoms with Crippen molar-refractivity contribution in [2.24, 2.45) is 5.41 Å². The molecule has 1 atom stereocenters. The maximum atomic E-state index is 12.3. The van der Waals surface area contributed by atoms with E-state index in [1.165, 1.54) is 0 Å². The van der Waals surface area contributed by atoms with Gasteiger partial charge in [0.2, 0.25) is 5.91 Å². The lowest BCUT2D eigenvalue weighted by Crippen LogP contribution is -2.47. The molecule has 1 aromatic rings. The van der Waals surface area contributed by atoms with E-state index < -0.39 is 0 Å². The van der Waals surface area contributed by atoms with Gasteiger partial charge in [0, 0.05) is 19.1 Å². The Morgan fingerprint density at radius 3 is 2.81 bits per heavy atom. The molecule has 0 aromatic carbocycles. The van der Waals surface area contributed by atoms with E-state index in [1.807, 2.05) is 23.8 Å². The molecule has 2 N–H and O–H groups in total. The second-order valence-electron chi connectivity index (χ2n) is 5.68. The van der Waals surface area contributed by atoms with Crippen molar-refractivity contribution in [3.63, 3.8) is 0 Å². The van der Waals surface area contributed by atoms with Crippen molar-refractivity contribution in [2.45, 2.75) is 25.7 Å². The topological polar surface area (TPSA) is 50.4 Å². The number of carbonyl (C=O) groups is 1. The molecule has 1 amide bonds. The first-order chi connectivity index (χ1) is 9.67. The maximum absolute atomic E-state index is 12.3. The Bertz CT molecular complexity index is 414. The Morgan fingerprint density at radius 1 is 1.52 bits per heavy atom. The first kappa shape index (κ1) is 18.4. The van der Waals surface area contributed by atoms with E-state index in [4.69, 9.17) is 4.74 Å². The molecule has 6 heteroatoms. The van der Waals surface area contributed by atoms with Crippen molar-refractivity contribution in [2.75, 3.05) is 33.4 Å². The highest BCUT2D eigenvalue weighted by Crippen LogP contribution is 2.28. The summed E-state index contributed by atoms with van der Waals surface area (Å²) in [6.45, 7) is 5.37. The highest BCUT2D eigenvalue weighted by atomic mass is 35.5. The van der Waals surface area contributed by atoms with Gasteiger partial charge in [-0.25, -0.2) is 0 Å². The lowest BCUT2D eigenvalue weighted by molar-refractivity contribution is -0.123. The molecule has 21 heavy (non-hydrogen) atoms. The van der Waals surface area contributed by atoms with Crippen molar-refractivity contribution in [1.29, 1.82) is 0 Å². The number of amides is 1. The van der Waals surface area contributed by atoms with Crippen LogP contribution in [0.25, 0.3) is 0 Å². The van der Waals surface area contributed by atoms with Crippen LogP contribution in [-0.4, -0.2) is 39.3 Å². The van der Waals surface area contributed by atoms with Crippen LogP contribution in [0.3, 0.4) is 0 Å². The van der Waals surface area contributed by atoms with Crippen LogP contribution in [0.2, 0.25) is 0 Å². The van der Waals surface area contributed by atoms with E-state index in [2.05, 4.69) is 10.6 Å². The zero-order valence-corrected chi connectivity index (χ0v) is 14.3. The number of nitrogens with one attached hydrogen (secondary N) is 2. The highest BCUT2D eigenvalue weighted by Gasteiger charge is 2.33. The number of ether oxygens (including phenoxy) is 1. The minimum atomic E-state index is -0.0810. The summed E-state index contributed by atoms with van der Waals surface area (Å²) in [6.07, 6.45) is 2.10. The molecule has 1 unspecified atom stereocenters. The molecular weight excluding hydrogens is 308 g/mol. The number of carbonyl (C=O) groups excluding carboxylic acids is 1. The summed E-state index contributed by atoms with van der Waals surface area (Å²) in [7, 11) is 1.74. The quantitative estimate of drug-likeness (QED) is 0.841. The Balaban J connectivity index is 0.00000220. The molecule has 1 aliphatic heterocycles. The minimum Gasteiger partial charge on any atom is -0.384 e. The van der Waals surface area contributed by atoms with Gasteiger partial charge in [-0.3, -0.25) is 4.79 Å². The fraction of sp³-hybridized carbons (Fsp3) is 0.667. The number of hydrogen-bond donors (Lipinski definition) is 2. The molecule has 2 heterocycles. The van der Waals surface area contributed by atoms with E-state index in [9.17, 15) is 4.79 Å². The third kappa shape index (κ3) is 4.95. The van der Waals surface area contributed by atoms with Gasteiger partial charge < -0.3 is 15.4 Å². The molecular formula is C15H25ClN2O2S. The molecule has 1 aliphatic rings. The van der Waals surface area contributed by atoms with Crippen LogP contribution in [0.4, 0.5) is 0 Å². The average Bonchev–Trinajstić information content (AvgIpc) is 2.99. The van der Waals surface area contributed by atoms with Crippen molar-refractivity contribution in [1.82, 2.24) is 10.6 Å². The summed E-state index contributed by atoms with van der Waals surface area (Å²) < 4.78 is 5.37. The number of hydrogen-bond acceptors (Lipinski definition) is 4. The van der Waals surface area contributed by atoms with Gasteiger partial charge in [0.25, 0.3) is 0 Å². The largest absolute Gasteiger partial charge is 0.384 e. The van der Waals surface area contributed by atoms with Crippen LogP contribution < -0.4 is 10.6 Å². The second kappa shape index (κ2) is 8.73. The first-order valence-electron chi connectivity index (χ1n) is 7.16. The number of halogens is 1. The van der Waals surface area contributed by atoms with Gasteiger partial charge in [-0.15, -0.1) is 12.4 Å². The van der Waals surface area contributed by atoms with Crippen LogP contribution in [0, 0.1) is 5.41 Å². The third-order valence-electron chi connectivity index (χ3n) is 4.19. The van der Waals surface area contributed by atoms with E-state index in [-0.39, 0.29) is 29.6 Å². The molecule has 120 valence electrons. The summed E-state index contributed by atoms with van der Waals surface area (Å²) in [5.74, 6) is 0.0278. The summed E-state index contributed by atoms with van der Waals surface area (Å²) in [5.41, 5.74) is 1.18. The SMILES string of the molecule is COCC1(CNC(=O)C(C)c2ccsc2)CCNCC1.Cl. The van der Waals surface area contributed by atoms with Gasteiger partial charge >= 0.3 is 0 Å².